The maximum absolute atomic E-state index is 11.7. The lowest BCUT2D eigenvalue weighted by Crippen LogP contribution is -2.41. The fraction of sp³-hybridized carbons (Fsp3) is 0.875. The Morgan fingerprint density at radius 1 is 1.39 bits per heavy atom. The Balaban J connectivity index is 0.00000484. The summed E-state index contributed by atoms with van der Waals surface area (Å²) in [5, 5.41) is 3.34. The van der Waals surface area contributed by atoms with Crippen LogP contribution in [0.25, 0.3) is 0 Å². The van der Waals surface area contributed by atoms with Gasteiger partial charge in [0.1, 0.15) is 0 Å². The highest BCUT2D eigenvalue weighted by molar-refractivity contribution is 14.0. The molecular formula is C16H32IN3O3. The highest BCUT2D eigenvalue weighted by Crippen LogP contribution is 2.23. The minimum absolute atomic E-state index is 0. The highest BCUT2D eigenvalue weighted by atomic mass is 127. The minimum atomic E-state index is -0.132. The van der Waals surface area contributed by atoms with E-state index < -0.39 is 0 Å². The van der Waals surface area contributed by atoms with Crippen LogP contribution in [0.5, 0.6) is 0 Å². The second kappa shape index (κ2) is 11.9. The summed E-state index contributed by atoms with van der Waals surface area (Å²) >= 11 is 0. The molecule has 0 amide bonds. The first-order valence-corrected chi connectivity index (χ1v) is 8.10. The first-order chi connectivity index (χ1) is 10.5. The molecule has 2 atom stereocenters. The van der Waals surface area contributed by atoms with E-state index in [-0.39, 0.29) is 41.8 Å². The molecule has 1 aliphatic rings. The molecule has 1 N–H and O–H groups in total. The zero-order chi connectivity index (χ0) is 16.5. The summed E-state index contributed by atoms with van der Waals surface area (Å²) in [5.41, 5.74) is 0. The molecule has 7 heteroatoms. The van der Waals surface area contributed by atoms with Crippen molar-refractivity contribution in [2.75, 3.05) is 47.0 Å². The molecule has 0 radical (unpaired) electrons. The highest BCUT2D eigenvalue weighted by Gasteiger charge is 2.36. The molecule has 0 bridgehead atoms. The van der Waals surface area contributed by atoms with Gasteiger partial charge in [0, 0.05) is 39.9 Å². The van der Waals surface area contributed by atoms with Gasteiger partial charge in [-0.25, -0.2) is 0 Å². The Labute approximate surface area is 157 Å². The first-order valence-electron chi connectivity index (χ1n) is 8.10. The second-order valence-electron chi connectivity index (χ2n) is 6.31. The number of methoxy groups -OCH3 is 1. The predicted octanol–water partition coefficient (Wildman–Crippen LogP) is 1.98. The molecule has 0 aliphatic carbocycles. The Bertz CT molecular complexity index is 378. The molecule has 1 aliphatic heterocycles. The van der Waals surface area contributed by atoms with Crippen molar-refractivity contribution in [2.45, 2.75) is 27.2 Å². The van der Waals surface area contributed by atoms with Crippen LogP contribution in [0.15, 0.2) is 4.99 Å². The summed E-state index contributed by atoms with van der Waals surface area (Å²) in [6.45, 7) is 10.2. The second-order valence-corrected chi connectivity index (χ2v) is 6.31. The molecule has 23 heavy (non-hydrogen) atoms. The van der Waals surface area contributed by atoms with Crippen molar-refractivity contribution in [3.63, 3.8) is 0 Å². The number of aliphatic imine (C=N–C) groups is 1. The van der Waals surface area contributed by atoms with Crippen LogP contribution in [0.2, 0.25) is 0 Å². The summed E-state index contributed by atoms with van der Waals surface area (Å²) < 4.78 is 10.4. The average molecular weight is 441 g/mol. The lowest BCUT2D eigenvalue weighted by molar-refractivity contribution is -0.145. The zero-order valence-electron chi connectivity index (χ0n) is 15.0. The normalized spacial score (nSPS) is 21.3. The molecule has 6 nitrogen and oxygen atoms in total. The number of carbonyl (C=O) groups is 1. The molecular weight excluding hydrogens is 409 g/mol. The van der Waals surface area contributed by atoms with Crippen LogP contribution in [-0.4, -0.2) is 63.8 Å². The monoisotopic (exact) mass is 441 g/mol. The SMILES string of the molecule is CN=C(NCCCOCC(C)C)N1CC(C)C(C(=O)OC)C1.I. The lowest BCUT2D eigenvalue weighted by Gasteiger charge is -2.21. The first kappa shape index (κ1) is 22.4. The van der Waals surface area contributed by atoms with Crippen LogP contribution in [0.1, 0.15) is 27.2 Å². The van der Waals surface area contributed by atoms with Gasteiger partial charge in [0.25, 0.3) is 0 Å². The Kier molecular flexibility index (Phi) is 11.6. The van der Waals surface area contributed by atoms with Crippen LogP contribution < -0.4 is 5.32 Å². The van der Waals surface area contributed by atoms with E-state index in [1.165, 1.54) is 7.11 Å². The van der Waals surface area contributed by atoms with Crippen molar-refractivity contribution >= 4 is 35.9 Å². The number of guanidine groups is 1. The summed E-state index contributed by atoms with van der Waals surface area (Å²) in [5.74, 6) is 1.50. The number of rotatable bonds is 7. The van der Waals surface area contributed by atoms with E-state index in [1.807, 2.05) is 0 Å². The third kappa shape index (κ3) is 7.69. The third-order valence-corrected chi connectivity index (χ3v) is 3.83. The minimum Gasteiger partial charge on any atom is -0.469 e. The number of esters is 1. The number of halogens is 1. The van der Waals surface area contributed by atoms with Crippen LogP contribution in [0.4, 0.5) is 0 Å². The largest absolute Gasteiger partial charge is 0.469 e. The van der Waals surface area contributed by atoms with E-state index in [1.54, 1.807) is 7.05 Å². The van der Waals surface area contributed by atoms with Crippen LogP contribution >= 0.6 is 24.0 Å². The standard InChI is InChI=1S/C16H31N3O3.HI/c1-12(2)11-22-8-6-7-18-16(17-4)19-9-13(3)14(10-19)15(20)21-5;/h12-14H,6-11H2,1-5H3,(H,17,18);1H. The third-order valence-electron chi connectivity index (χ3n) is 3.83. The van der Waals surface area contributed by atoms with Crippen molar-refractivity contribution in [2.24, 2.45) is 22.7 Å². The van der Waals surface area contributed by atoms with Crippen molar-refractivity contribution in [3.05, 3.63) is 0 Å². The van der Waals surface area contributed by atoms with Crippen LogP contribution in [0.3, 0.4) is 0 Å². The number of carbonyl (C=O) groups excluding carboxylic acids is 1. The summed E-state index contributed by atoms with van der Waals surface area (Å²) in [6.07, 6.45) is 0.940. The van der Waals surface area contributed by atoms with Crippen LogP contribution in [0, 0.1) is 17.8 Å². The number of ether oxygens (including phenoxy) is 2. The number of nitrogens with one attached hydrogen (secondary N) is 1. The molecule has 0 saturated carbocycles. The smallest absolute Gasteiger partial charge is 0.310 e. The quantitative estimate of drug-likeness (QED) is 0.215. The molecule has 2 unspecified atom stereocenters. The molecule has 136 valence electrons. The summed E-state index contributed by atoms with van der Waals surface area (Å²) in [6, 6.07) is 0. The Morgan fingerprint density at radius 2 is 2.09 bits per heavy atom. The fourth-order valence-electron chi connectivity index (χ4n) is 2.62. The summed E-state index contributed by atoms with van der Waals surface area (Å²) in [4.78, 5) is 18.2. The Morgan fingerprint density at radius 3 is 2.65 bits per heavy atom. The van der Waals surface area contributed by atoms with E-state index in [0.717, 1.165) is 38.7 Å². The van der Waals surface area contributed by atoms with Gasteiger partial charge in [0.15, 0.2) is 5.96 Å². The topological polar surface area (TPSA) is 63.2 Å². The number of likely N-dealkylation sites (tertiary alicyclic amines) is 1. The molecule has 0 aromatic carbocycles. The van der Waals surface area contributed by atoms with Gasteiger partial charge < -0.3 is 19.7 Å². The molecule has 1 saturated heterocycles. The van der Waals surface area contributed by atoms with Gasteiger partial charge >= 0.3 is 5.97 Å². The average Bonchev–Trinajstić information content (AvgIpc) is 2.87. The van der Waals surface area contributed by atoms with E-state index in [9.17, 15) is 4.79 Å². The number of hydrogen-bond donors (Lipinski definition) is 1. The van der Waals surface area contributed by atoms with Crippen molar-refractivity contribution < 1.29 is 14.3 Å². The predicted molar refractivity (Wildman–Crippen MR) is 103 cm³/mol. The van der Waals surface area contributed by atoms with Crippen molar-refractivity contribution in [1.82, 2.24) is 10.2 Å². The number of hydrogen-bond acceptors (Lipinski definition) is 4. The van der Waals surface area contributed by atoms with Crippen molar-refractivity contribution in [1.29, 1.82) is 0 Å². The van der Waals surface area contributed by atoms with E-state index >= 15 is 0 Å². The molecule has 1 heterocycles. The summed E-state index contributed by atoms with van der Waals surface area (Å²) in [7, 11) is 3.22. The van der Waals surface area contributed by atoms with Gasteiger partial charge in [-0.15, -0.1) is 24.0 Å². The van der Waals surface area contributed by atoms with Gasteiger partial charge in [-0.1, -0.05) is 20.8 Å². The molecule has 0 aromatic rings. The van der Waals surface area contributed by atoms with Gasteiger partial charge in [0.2, 0.25) is 0 Å². The van der Waals surface area contributed by atoms with Gasteiger partial charge in [-0.3, -0.25) is 9.79 Å². The van der Waals surface area contributed by atoms with E-state index in [0.29, 0.717) is 12.5 Å². The van der Waals surface area contributed by atoms with Gasteiger partial charge in [0.05, 0.1) is 13.0 Å². The zero-order valence-corrected chi connectivity index (χ0v) is 17.3. The molecule has 0 spiro atoms. The lowest BCUT2D eigenvalue weighted by atomic mass is 9.99. The van der Waals surface area contributed by atoms with Crippen molar-refractivity contribution in [3.8, 4) is 0 Å². The fourth-order valence-corrected chi connectivity index (χ4v) is 2.62. The molecule has 1 fully saturated rings. The maximum Gasteiger partial charge on any atom is 0.310 e. The Hall–Kier alpha value is -0.570. The molecule has 1 rings (SSSR count). The van der Waals surface area contributed by atoms with E-state index in [4.69, 9.17) is 9.47 Å². The number of nitrogens with zero attached hydrogens (tertiary/aromatic N) is 2. The van der Waals surface area contributed by atoms with Gasteiger partial charge in [-0.05, 0) is 18.3 Å². The van der Waals surface area contributed by atoms with Gasteiger partial charge in [-0.2, -0.15) is 0 Å². The molecule has 0 aromatic heterocycles. The van der Waals surface area contributed by atoms with Crippen LogP contribution in [-0.2, 0) is 14.3 Å². The van der Waals surface area contributed by atoms with E-state index in [2.05, 4.69) is 36.0 Å². The maximum atomic E-state index is 11.7.